The van der Waals surface area contributed by atoms with Gasteiger partial charge in [-0.2, -0.15) is 0 Å². The van der Waals surface area contributed by atoms with E-state index in [0.29, 0.717) is 21.9 Å². The van der Waals surface area contributed by atoms with Gasteiger partial charge in [-0.15, -0.1) is 0 Å². The van der Waals surface area contributed by atoms with Crippen LogP contribution in [0.15, 0.2) is 316 Å². The highest BCUT2D eigenvalue weighted by atomic mass is 16.4. The van der Waals surface area contributed by atoms with E-state index < -0.39 is 0 Å². The molecule has 0 bridgehead atoms. The first-order valence-corrected chi connectivity index (χ1v) is 29.2. The van der Waals surface area contributed by atoms with Crippen LogP contribution in [-0.2, 0) is 0 Å². The molecule has 18 rings (SSSR count). The summed E-state index contributed by atoms with van der Waals surface area (Å²) in [4.78, 5) is 25.8. The van der Waals surface area contributed by atoms with Crippen LogP contribution in [0, 0.1) is 0 Å². The van der Waals surface area contributed by atoms with Gasteiger partial charge in [-0.3, -0.25) is 0 Å². The molecule has 0 aliphatic rings. The second kappa shape index (κ2) is 19.9. The summed E-state index contributed by atoms with van der Waals surface area (Å²) in [5.74, 6) is 0. The van der Waals surface area contributed by atoms with Gasteiger partial charge < -0.3 is 22.5 Å². The molecule has 0 saturated carbocycles. The van der Waals surface area contributed by atoms with E-state index in [1.54, 1.807) is 0 Å². The fourth-order valence-corrected chi connectivity index (χ4v) is 13.4. The van der Waals surface area contributed by atoms with Crippen molar-refractivity contribution in [2.45, 2.75) is 0 Å². The molecule has 5 aromatic heterocycles. The monoisotopic (exact) mass is 1120 g/mol. The lowest BCUT2D eigenvalue weighted by molar-refractivity contribution is 0.569. The maximum absolute atomic E-state index is 13.1. The van der Waals surface area contributed by atoms with E-state index in [9.17, 15) is 9.59 Å². The minimum Gasteiger partial charge on any atom is -0.422 e. The second-order valence-electron chi connectivity index (χ2n) is 22.3. The standard InChI is InChI=1S/C49H30N2O2.C31H19NO2/c52-49-43-29-31(19-23-37(43)40-16-8-10-18-48(40)53-49)34-20-24-39-42-28-33(22-26-46(42)51(47(39)30-34)36-13-5-2-6-14-36)32-21-25-45-41(27-32)38-15-7-9-17-44(38)50(45)35-11-3-1-4-12-35;33-31-27-19-21(15-18-23(27)26-9-3-6-12-30(26)34-31)20-13-16-22(17-14-20)32-28-10-4-1-7-24(28)25-8-2-5-11-29(25)32/h1-30H;1-19H. The van der Waals surface area contributed by atoms with Crippen LogP contribution in [0.3, 0.4) is 0 Å². The molecule has 0 saturated heterocycles. The molecule has 0 spiro atoms. The highest BCUT2D eigenvalue weighted by Gasteiger charge is 2.19. The molecule has 7 heteroatoms. The minimum atomic E-state index is -0.324. The van der Waals surface area contributed by atoms with Crippen molar-refractivity contribution in [3.8, 4) is 50.4 Å². The molecule has 0 radical (unpaired) electrons. The summed E-state index contributed by atoms with van der Waals surface area (Å²) in [7, 11) is 0. The number of hydrogen-bond donors (Lipinski definition) is 0. The molecule has 0 amide bonds. The van der Waals surface area contributed by atoms with E-state index in [2.05, 4.69) is 238 Å². The predicted octanol–water partition coefficient (Wildman–Crippen LogP) is 20.2. The molecule has 408 valence electrons. The molecule has 0 fully saturated rings. The predicted molar refractivity (Wildman–Crippen MR) is 359 cm³/mol. The third kappa shape index (κ3) is 8.12. The summed E-state index contributed by atoms with van der Waals surface area (Å²) in [5, 5.41) is 12.2. The van der Waals surface area contributed by atoms with Crippen LogP contribution < -0.4 is 11.3 Å². The zero-order chi connectivity index (χ0) is 57.7. The molecular weight excluding hydrogens is 1070 g/mol. The lowest BCUT2D eigenvalue weighted by atomic mass is 9.98. The summed E-state index contributed by atoms with van der Waals surface area (Å²) in [6.45, 7) is 0. The van der Waals surface area contributed by atoms with Gasteiger partial charge in [-0.05, 0) is 153 Å². The highest BCUT2D eigenvalue weighted by molar-refractivity contribution is 6.14. The van der Waals surface area contributed by atoms with Crippen molar-refractivity contribution in [3.63, 3.8) is 0 Å². The van der Waals surface area contributed by atoms with Gasteiger partial charge in [0.15, 0.2) is 0 Å². The number of hydrogen-bond acceptors (Lipinski definition) is 4. The smallest absolute Gasteiger partial charge is 0.344 e. The average molecular weight is 1120 g/mol. The van der Waals surface area contributed by atoms with Crippen LogP contribution in [-0.4, -0.2) is 13.7 Å². The first-order valence-electron chi connectivity index (χ1n) is 29.2. The molecule has 0 atom stereocenters. The molecule has 13 aromatic carbocycles. The zero-order valence-corrected chi connectivity index (χ0v) is 46.8. The van der Waals surface area contributed by atoms with Gasteiger partial charge in [0.2, 0.25) is 0 Å². The zero-order valence-electron chi connectivity index (χ0n) is 46.8. The minimum absolute atomic E-state index is 0.308. The SMILES string of the molecule is O=c1oc2ccccc2c2ccc(-c3ccc(-n4c5ccccc5c5ccccc54)cc3)cc12.O=c1oc2ccccc2c2ccc(-c3ccc4c5cc(-c6ccc7c(c6)c6ccccc6n7-c6ccccc6)ccc5n(-c5ccccc5)c4c3)cc12. The van der Waals surface area contributed by atoms with Gasteiger partial charge in [-0.25, -0.2) is 9.59 Å². The van der Waals surface area contributed by atoms with E-state index in [4.69, 9.17) is 8.83 Å². The van der Waals surface area contributed by atoms with Crippen LogP contribution in [0.25, 0.3) is 159 Å². The van der Waals surface area contributed by atoms with Gasteiger partial charge in [0.1, 0.15) is 11.2 Å². The molecule has 0 unspecified atom stereocenters. The summed E-state index contributed by atoms with van der Waals surface area (Å²) >= 11 is 0. The molecular formula is C80H49N3O4. The Labute approximate surface area is 497 Å². The van der Waals surface area contributed by atoms with Crippen LogP contribution in [0.5, 0.6) is 0 Å². The summed E-state index contributed by atoms with van der Waals surface area (Å²) in [6, 6.07) is 103. The van der Waals surface area contributed by atoms with Crippen LogP contribution in [0.1, 0.15) is 0 Å². The first kappa shape index (κ1) is 49.8. The third-order valence-corrected chi connectivity index (χ3v) is 17.4. The van der Waals surface area contributed by atoms with Crippen molar-refractivity contribution >= 4 is 109 Å². The molecule has 0 N–H and O–H groups in total. The van der Waals surface area contributed by atoms with Gasteiger partial charge in [0.05, 0.1) is 43.9 Å². The van der Waals surface area contributed by atoms with Crippen molar-refractivity contribution in [3.05, 3.63) is 318 Å². The first-order chi connectivity index (χ1) is 43.0. The average Bonchev–Trinajstić information content (AvgIpc) is 1.86. The number of aromatic nitrogens is 3. The van der Waals surface area contributed by atoms with E-state index in [-0.39, 0.29) is 11.3 Å². The van der Waals surface area contributed by atoms with Gasteiger partial charge in [-0.1, -0.05) is 188 Å². The summed E-state index contributed by atoms with van der Waals surface area (Å²) < 4.78 is 18.3. The maximum atomic E-state index is 13.1. The molecule has 5 heterocycles. The van der Waals surface area contributed by atoms with Crippen molar-refractivity contribution in [1.82, 2.24) is 13.7 Å². The van der Waals surface area contributed by atoms with Gasteiger partial charge in [0.25, 0.3) is 0 Å². The third-order valence-electron chi connectivity index (χ3n) is 17.4. The van der Waals surface area contributed by atoms with Crippen molar-refractivity contribution in [2.24, 2.45) is 0 Å². The largest absolute Gasteiger partial charge is 0.422 e. The lowest BCUT2D eigenvalue weighted by Gasteiger charge is -2.10. The van der Waals surface area contributed by atoms with Crippen molar-refractivity contribution in [1.29, 1.82) is 0 Å². The number of fused-ring (bicyclic) bond motifs is 15. The van der Waals surface area contributed by atoms with E-state index >= 15 is 0 Å². The Kier molecular flexibility index (Phi) is 11.4. The Balaban J connectivity index is 0.000000149. The Hall–Kier alpha value is -11.8. The fourth-order valence-electron chi connectivity index (χ4n) is 13.4. The quantitative estimate of drug-likeness (QED) is 0.123. The highest BCUT2D eigenvalue weighted by Crippen LogP contribution is 2.41. The summed E-state index contributed by atoms with van der Waals surface area (Å²) in [5.41, 5.74) is 17.3. The fraction of sp³-hybridized carbons (Fsp3) is 0. The Morgan fingerprint density at radius 3 is 0.966 bits per heavy atom. The topological polar surface area (TPSA) is 75.2 Å². The Morgan fingerprint density at radius 1 is 0.195 bits per heavy atom. The molecule has 7 nitrogen and oxygen atoms in total. The molecule has 0 aliphatic carbocycles. The lowest BCUT2D eigenvalue weighted by Crippen LogP contribution is -2.00. The Bertz CT molecular complexity index is 5880. The van der Waals surface area contributed by atoms with E-state index in [0.717, 1.165) is 71.9 Å². The molecule has 18 aromatic rings. The van der Waals surface area contributed by atoms with E-state index in [1.807, 2.05) is 72.8 Å². The van der Waals surface area contributed by atoms with Crippen LogP contribution in [0.4, 0.5) is 0 Å². The van der Waals surface area contributed by atoms with E-state index in [1.165, 1.54) is 65.5 Å². The van der Waals surface area contributed by atoms with Gasteiger partial charge >= 0.3 is 11.3 Å². The number of para-hydroxylation sites is 7. The van der Waals surface area contributed by atoms with Crippen molar-refractivity contribution in [2.75, 3.05) is 0 Å². The number of nitrogens with zero attached hydrogens (tertiary/aromatic N) is 3. The number of rotatable bonds is 6. The van der Waals surface area contributed by atoms with Gasteiger partial charge in [0, 0.05) is 60.2 Å². The number of benzene rings is 13. The van der Waals surface area contributed by atoms with Crippen LogP contribution in [0.2, 0.25) is 0 Å². The summed E-state index contributed by atoms with van der Waals surface area (Å²) in [6.07, 6.45) is 0. The maximum Gasteiger partial charge on any atom is 0.344 e. The molecule has 87 heavy (non-hydrogen) atoms. The molecule has 0 aliphatic heterocycles. The van der Waals surface area contributed by atoms with Crippen LogP contribution >= 0.6 is 0 Å². The van der Waals surface area contributed by atoms with Crippen molar-refractivity contribution < 1.29 is 8.83 Å². The second-order valence-corrected chi connectivity index (χ2v) is 22.3. The normalized spacial score (nSPS) is 11.8. The Morgan fingerprint density at radius 2 is 0.494 bits per heavy atom.